The van der Waals surface area contributed by atoms with Crippen LogP contribution >= 0.6 is 11.3 Å². The Morgan fingerprint density at radius 3 is 3.11 bits per heavy atom. The van der Waals surface area contributed by atoms with Gasteiger partial charge in [-0.25, -0.2) is 9.97 Å². The topological polar surface area (TPSA) is 58.1 Å². The first kappa shape index (κ1) is 11.2. The van der Waals surface area contributed by atoms with Gasteiger partial charge >= 0.3 is 0 Å². The van der Waals surface area contributed by atoms with Crippen molar-refractivity contribution in [3.63, 3.8) is 0 Å². The molecule has 0 spiro atoms. The quantitative estimate of drug-likeness (QED) is 0.928. The number of hydrogen-bond acceptors (Lipinski definition) is 5. The fraction of sp³-hybridized carbons (Fsp3) is 0.462. The van der Waals surface area contributed by atoms with Crippen LogP contribution in [0, 0.1) is 0 Å². The molecule has 0 radical (unpaired) electrons. The summed E-state index contributed by atoms with van der Waals surface area (Å²) in [6, 6.07) is 2.70. The average molecular weight is 274 g/mol. The van der Waals surface area contributed by atoms with Crippen LogP contribution in [0.4, 0.5) is 5.82 Å². The molecule has 0 bridgehead atoms. The summed E-state index contributed by atoms with van der Waals surface area (Å²) >= 11 is 1.61. The Labute approximate surface area is 114 Å². The molecule has 2 aliphatic rings. The number of carbonyl (C=O) groups excluding carboxylic acids is 1. The van der Waals surface area contributed by atoms with Crippen LogP contribution in [0.1, 0.15) is 19.3 Å². The highest BCUT2D eigenvalue weighted by Gasteiger charge is 2.39. The maximum atomic E-state index is 11.9. The van der Waals surface area contributed by atoms with Gasteiger partial charge in [-0.15, -0.1) is 11.3 Å². The molecule has 1 amide bonds. The summed E-state index contributed by atoms with van der Waals surface area (Å²) in [5.74, 6) is 1.12. The first-order chi connectivity index (χ1) is 9.31. The van der Waals surface area contributed by atoms with Crippen LogP contribution in [0.5, 0.6) is 0 Å². The third-order valence-electron chi connectivity index (χ3n) is 3.75. The maximum absolute atomic E-state index is 11.9. The largest absolute Gasteiger partial charge is 0.364 e. The molecule has 2 fully saturated rings. The van der Waals surface area contributed by atoms with Gasteiger partial charge in [-0.05, 0) is 24.3 Å². The van der Waals surface area contributed by atoms with E-state index in [1.165, 1.54) is 12.8 Å². The minimum Gasteiger partial charge on any atom is -0.364 e. The number of nitrogens with one attached hydrogen (secondary N) is 1. The van der Waals surface area contributed by atoms with Crippen LogP contribution in [-0.4, -0.2) is 39.4 Å². The number of rotatable bonds is 3. The van der Waals surface area contributed by atoms with Crippen LogP contribution < -0.4 is 5.32 Å². The van der Waals surface area contributed by atoms with Gasteiger partial charge in [0.2, 0.25) is 5.91 Å². The van der Waals surface area contributed by atoms with Gasteiger partial charge in [0.25, 0.3) is 0 Å². The van der Waals surface area contributed by atoms with Crippen molar-refractivity contribution in [2.75, 3.05) is 11.9 Å². The molecule has 19 heavy (non-hydrogen) atoms. The number of likely N-dealkylation sites (tertiary alicyclic amines) is 1. The standard InChI is InChI=1S/C13H14N4OS/c18-11-5-8(6-17(11)9-1-2-9)16-12-10-3-4-19-13(10)15-7-14-12/h3-4,7-9H,1-2,5-6H2,(H,14,15,16). The highest BCUT2D eigenvalue weighted by atomic mass is 32.1. The predicted molar refractivity (Wildman–Crippen MR) is 74.2 cm³/mol. The lowest BCUT2D eigenvalue weighted by Crippen LogP contribution is -2.29. The van der Waals surface area contributed by atoms with E-state index in [2.05, 4.69) is 15.3 Å². The molecule has 4 rings (SSSR count). The second-order valence-electron chi connectivity index (χ2n) is 5.18. The average Bonchev–Trinajstić information content (AvgIpc) is 3.00. The summed E-state index contributed by atoms with van der Waals surface area (Å²) < 4.78 is 0. The van der Waals surface area contributed by atoms with E-state index in [-0.39, 0.29) is 11.9 Å². The Hall–Kier alpha value is -1.69. The third kappa shape index (κ3) is 1.96. The summed E-state index contributed by atoms with van der Waals surface area (Å²) in [5, 5.41) is 6.47. The molecule has 2 aromatic heterocycles. The van der Waals surface area contributed by atoms with Crippen LogP contribution in [0.3, 0.4) is 0 Å². The fourth-order valence-electron chi connectivity index (χ4n) is 2.67. The van der Waals surface area contributed by atoms with Gasteiger partial charge in [-0.3, -0.25) is 4.79 Å². The molecule has 2 aromatic rings. The Morgan fingerprint density at radius 1 is 1.37 bits per heavy atom. The molecule has 1 N–H and O–H groups in total. The number of fused-ring (bicyclic) bond motifs is 1. The highest BCUT2D eigenvalue weighted by Crippen LogP contribution is 2.32. The monoisotopic (exact) mass is 274 g/mol. The zero-order valence-electron chi connectivity index (χ0n) is 10.4. The van der Waals surface area contributed by atoms with E-state index in [1.807, 2.05) is 16.3 Å². The van der Waals surface area contributed by atoms with Gasteiger partial charge in [0.05, 0.1) is 11.4 Å². The molecule has 1 unspecified atom stereocenters. The van der Waals surface area contributed by atoms with E-state index in [0.717, 1.165) is 22.6 Å². The van der Waals surface area contributed by atoms with Crippen molar-refractivity contribution < 1.29 is 4.79 Å². The Kier molecular flexibility index (Phi) is 2.44. The number of aromatic nitrogens is 2. The first-order valence-electron chi connectivity index (χ1n) is 6.55. The van der Waals surface area contributed by atoms with Gasteiger partial charge < -0.3 is 10.2 Å². The van der Waals surface area contributed by atoms with E-state index >= 15 is 0 Å². The fourth-order valence-corrected chi connectivity index (χ4v) is 3.40. The van der Waals surface area contributed by atoms with E-state index < -0.39 is 0 Å². The molecule has 3 heterocycles. The second kappa shape index (κ2) is 4.16. The Bertz CT molecular complexity index is 636. The molecule has 0 aromatic carbocycles. The lowest BCUT2D eigenvalue weighted by atomic mass is 10.2. The van der Waals surface area contributed by atoms with E-state index in [4.69, 9.17) is 0 Å². The van der Waals surface area contributed by atoms with Crippen molar-refractivity contribution in [3.05, 3.63) is 17.8 Å². The van der Waals surface area contributed by atoms with Gasteiger partial charge in [0, 0.05) is 19.0 Å². The molecule has 1 atom stereocenters. The number of thiophene rings is 1. The van der Waals surface area contributed by atoms with Gasteiger partial charge in [0.1, 0.15) is 17.0 Å². The summed E-state index contributed by atoms with van der Waals surface area (Å²) in [7, 11) is 0. The highest BCUT2D eigenvalue weighted by molar-refractivity contribution is 7.16. The van der Waals surface area contributed by atoms with E-state index in [9.17, 15) is 4.79 Å². The lowest BCUT2D eigenvalue weighted by Gasteiger charge is -2.16. The van der Waals surface area contributed by atoms with Crippen molar-refractivity contribution in [1.82, 2.24) is 14.9 Å². The minimum absolute atomic E-state index is 0.172. The number of hydrogen-bond donors (Lipinski definition) is 1. The van der Waals surface area contributed by atoms with Gasteiger partial charge in [-0.1, -0.05) is 0 Å². The number of anilines is 1. The van der Waals surface area contributed by atoms with E-state index in [0.29, 0.717) is 12.5 Å². The Balaban J connectivity index is 1.55. The van der Waals surface area contributed by atoms with Crippen molar-refractivity contribution in [2.24, 2.45) is 0 Å². The molecule has 1 aliphatic heterocycles. The minimum atomic E-state index is 0.172. The lowest BCUT2D eigenvalue weighted by molar-refractivity contribution is -0.128. The molecular formula is C13H14N4OS. The molecule has 6 heteroatoms. The zero-order chi connectivity index (χ0) is 12.8. The van der Waals surface area contributed by atoms with Crippen molar-refractivity contribution >= 4 is 33.3 Å². The zero-order valence-corrected chi connectivity index (χ0v) is 11.2. The second-order valence-corrected chi connectivity index (χ2v) is 6.08. The van der Waals surface area contributed by atoms with Crippen LogP contribution in [0.15, 0.2) is 17.8 Å². The van der Waals surface area contributed by atoms with Crippen molar-refractivity contribution in [3.8, 4) is 0 Å². The summed E-state index contributed by atoms with van der Waals surface area (Å²) in [6.07, 6.45) is 4.49. The van der Waals surface area contributed by atoms with E-state index in [1.54, 1.807) is 17.7 Å². The first-order valence-corrected chi connectivity index (χ1v) is 7.43. The Morgan fingerprint density at radius 2 is 2.26 bits per heavy atom. The summed E-state index contributed by atoms with van der Waals surface area (Å²) in [5.41, 5.74) is 0. The summed E-state index contributed by atoms with van der Waals surface area (Å²) in [6.45, 7) is 0.805. The van der Waals surface area contributed by atoms with Gasteiger partial charge in [0.15, 0.2) is 0 Å². The van der Waals surface area contributed by atoms with Crippen molar-refractivity contribution in [1.29, 1.82) is 0 Å². The third-order valence-corrected chi connectivity index (χ3v) is 4.57. The molecular weight excluding hydrogens is 260 g/mol. The normalized spacial score (nSPS) is 23.3. The van der Waals surface area contributed by atoms with Crippen molar-refractivity contribution in [2.45, 2.75) is 31.3 Å². The number of amides is 1. The van der Waals surface area contributed by atoms with Gasteiger partial charge in [-0.2, -0.15) is 0 Å². The number of carbonyl (C=O) groups is 1. The molecule has 5 nitrogen and oxygen atoms in total. The molecule has 98 valence electrons. The maximum Gasteiger partial charge on any atom is 0.225 e. The van der Waals surface area contributed by atoms with Crippen LogP contribution in [0.25, 0.3) is 10.2 Å². The van der Waals surface area contributed by atoms with Crippen LogP contribution in [0.2, 0.25) is 0 Å². The van der Waals surface area contributed by atoms with Crippen LogP contribution in [-0.2, 0) is 4.79 Å². The molecule has 1 aliphatic carbocycles. The molecule has 1 saturated carbocycles. The number of nitrogens with zero attached hydrogens (tertiary/aromatic N) is 3. The SMILES string of the molecule is O=C1CC(Nc2ncnc3sccc23)CN1C1CC1. The summed E-state index contributed by atoms with van der Waals surface area (Å²) in [4.78, 5) is 23.5. The molecule has 1 saturated heterocycles. The predicted octanol–water partition coefficient (Wildman–Crippen LogP) is 1.87. The smallest absolute Gasteiger partial charge is 0.225 e.